The minimum Gasteiger partial charge on any atom is -0.393 e. The molecular weight excluding hydrogens is 228 g/mol. The molecule has 4 unspecified atom stereocenters. The van der Waals surface area contributed by atoms with Crippen molar-refractivity contribution in [3.8, 4) is 0 Å². The maximum Gasteiger partial charge on any atom is 0.0552 e. The van der Waals surface area contributed by atoms with Crippen LogP contribution >= 0.6 is 0 Å². The molecule has 0 spiro atoms. The van der Waals surface area contributed by atoms with Crippen LogP contribution in [0.5, 0.6) is 0 Å². The highest BCUT2D eigenvalue weighted by atomic mass is 16.5. The van der Waals surface area contributed by atoms with Crippen LogP contribution in [0.4, 0.5) is 0 Å². The Labute approximate surface area is 111 Å². The molecule has 4 nitrogen and oxygen atoms in total. The van der Waals surface area contributed by atoms with Crippen LogP contribution < -0.4 is 5.32 Å². The predicted octanol–water partition coefficient (Wildman–Crippen LogP) is 0.704. The van der Waals surface area contributed by atoms with Gasteiger partial charge < -0.3 is 20.1 Å². The number of aliphatic hydroxyl groups is 1. The first-order valence-corrected chi connectivity index (χ1v) is 7.42. The summed E-state index contributed by atoms with van der Waals surface area (Å²) in [5.41, 5.74) is 0. The van der Waals surface area contributed by atoms with E-state index in [0.29, 0.717) is 17.9 Å². The number of hydrogen-bond acceptors (Lipinski definition) is 4. The molecule has 0 bridgehead atoms. The van der Waals surface area contributed by atoms with Crippen LogP contribution in [-0.2, 0) is 4.74 Å². The van der Waals surface area contributed by atoms with Gasteiger partial charge in [-0.05, 0) is 38.8 Å². The zero-order valence-corrected chi connectivity index (χ0v) is 11.8. The lowest BCUT2D eigenvalue weighted by Gasteiger charge is -2.34. The van der Waals surface area contributed by atoms with Gasteiger partial charge in [-0.15, -0.1) is 0 Å². The van der Waals surface area contributed by atoms with Gasteiger partial charge in [0.1, 0.15) is 0 Å². The maximum absolute atomic E-state index is 9.65. The molecule has 0 amide bonds. The highest BCUT2D eigenvalue weighted by Gasteiger charge is 2.31. The molecule has 2 N–H and O–H groups in total. The lowest BCUT2D eigenvalue weighted by molar-refractivity contribution is 0.0185. The summed E-state index contributed by atoms with van der Waals surface area (Å²) in [5.74, 6) is 1.07. The molecule has 0 saturated carbocycles. The summed E-state index contributed by atoms with van der Waals surface area (Å²) in [6.07, 6.45) is 2.10. The average molecular weight is 256 g/mol. The zero-order valence-electron chi connectivity index (χ0n) is 11.8. The molecule has 18 heavy (non-hydrogen) atoms. The number of rotatable bonds is 5. The molecule has 106 valence electrons. The molecule has 0 radical (unpaired) electrons. The first kappa shape index (κ1) is 14.3. The number of nitrogens with zero attached hydrogens (tertiary/aromatic N) is 1. The molecule has 0 aromatic rings. The van der Waals surface area contributed by atoms with Crippen molar-refractivity contribution < 1.29 is 9.84 Å². The van der Waals surface area contributed by atoms with Gasteiger partial charge in [0.05, 0.1) is 12.7 Å². The van der Waals surface area contributed by atoms with E-state index < -0.39 is 0 Å². The van der Waals surface area contributed by atoms with Crippen LogP contribution in [0.15, 0.2) is 0 Å². The zero-order chi connectivity index (χ0) is 13.0. The lowest BCUT2D eigenvalue weighted by Crippen LogP contribution is -2.47. The van der Waals surface area contributed by atoms with E-state index in [9.17, 15) is 5.11 Å². The smallest absolute Gasteiger partial charge is 0.0552 e. The van der Waals surface area contributed by atoms with Crippen molar-refractivity contribution in [2.75, 3.05) is 39.4 Å². The number of aliphatic hydroxyl groups excluding tert-OH is 1. The largest absolute Gasteiger partial charge is 0.393 e. The Kier molecular flexibility index (Phi) is 5.42. The summed E-state index contributed by atoms with van der Waals surface area (Å²) < 4.78 is 5.63. The molecule has 0 aromatic heterocycles. The molecule has 2 aliphatic rings. The van der Waals surface area contributed by atoms with Crippen molar-refractivity contribution in [1.29, 1.82) is 0 Å². The second kappa shape index (κ2) is 6.85. The number of hydrogen-bond donors (Lipinski definition) is 2. The van der Waals surface area contributed by atoms with Crippen LogP contribution in [-0.4, -0.2) is 61.5 Å². The summed E-state index contributed by atoms with van der Waals surface area (Å²) in [6, 6.07) is 0.606. The number of nitrogens with one attached hydrogen (secondary N) is 1. The van der Waals surface area contributed by atoms with Crippen molar-refractivity contribution in [1.82, 2.24) is 10.2 Å². The van der Waals surface area contributed by atoms with Gasteiger partial charge in [0, 0.05) is 31.7 Å². The van der Waals surface area contributed by atoms with Gasteiger partial charge in [0.2, 0.25) is 0 Å². The van der Waals surface area contributed by atoms with Crippen LogP contribution in [0, 0.1) is 11.8 Å². The second-order valence-electron chi connectivity index (χ2n) is 5.84. The van der Waals surface area contributed by atoms with Crippen molar-refractivity contribution in [3.05, 3.63) is 0 Å². The van der Waals surface area contributed by atoms with E-state index in [-0.39, 0.29) is 6.10 Å². The van der Waals surface area contributed by atoms with Gasteiger partial charge in [-0.25, -0.2) is 0 Å². The van der Waals surface area contributed by atoms with E-state index in [1.807, 2.05) is 6.92 Å². The molecule has 2 saturated heterocycles. The topological polar surface area (TPSA) is 44.7 Å². The fourth-order valence-corrected chi connectivity index (χ4v) is 3.26. The Morgan fingerprint density at radius 2 is 2.28 bits per heavy atom. The van der Waals surface area contributed by atoms with E-state index in [2.05, 4.69) is 17.1 Å². The minimum atomic E-state index is -0.165. The van der Waals surface area contributed by atoms with E-state index in [1.165, 1.54) is 0 Å². The molecule has 4 atom stereocenters. The molecule has 2 heterocycles. The third-order valence-electron chi connectivity index (χ3n) is 4.42. The van der Waals surface area contributed by atoms with E-state index in [1.54, 1.807) is 0 Å². The maximum atomic E-state index is 9.65. The summed E-state index contributed by atoms with van der Waals surface area (Å²) in [7, 11) is 0. The van der Waals surface area contributed by atoms with Crippen molar-refractivity contribution in [2.45, 2.75) is 38.8 Å². The Hall–Kier alpha value is -0.160. The summed E-state index contributed by atoms with van der Waals surface area (Å²) in [5, 5.41) is 13.2. The van der Waals surface area contributed by atoms with Crippen molar-refractivity contribution in [2.24, 2.45) is 11.8 Å². The minimum absolute atomic E-state index is 0.165. The number of likely N-dealkylation sites (tertiary alicyclic amines) is 1. The predicted molar refractivity (Wildman–Crippen MR) is 72.6 cm³/mol. The third-order valence-corrected chi connectivity index (χ3v) is 4.42. The van der Waals surface area contributed by atoms with Gasteiger partial charge in [-0.2, -0.15) is 0 Å². The van der Waals surface area contributed by atoms with Gasteiger partial charge in [-0.3, -0.25) is 0 Å². The lowest BCUT2D eigenvalue weighted by atomic mass is 9.95. The van der Waals surface area contributed by atoms with Crippen LogP contribution in [0.3, 0.4) is 0 Å². The third kappa shape index (κ3) is 3.67. The first-order valence-electron chi connectivity index (χ1n) is 7.42. The summed E-state index contributed by atoms with van der Waals surface area (Å²) in [6.45, 7) is 10.2. The quantitative estimate of drug-likeness (QED) is 0.760. The molecule has 2 aliphatic heterocycles. The second-order valence-corrected chi connectivity index (χ2v) is 5.84. The molecule has 0 aliphatic carbocycles. The fraction of sp³-hybridized carbons (Fsp3) is 1.00. The SMILES string of the molecule is CCNC1CCOCC1CN1CCC(C(C)O)C1. The van der Waals surface area contributed by atoms with E-state index in [0.717, 1.165) is 52.2 Å². The molecule has 4 heteroatoms. The molecule has 2 rings (SSSR count). The Balaban J connectivity index is 1.80. The fourth-order valence-electron chi connectivity index (χ4n) is 3.26. The first-order chi connectivity index (χ1) is 8.70. The van der Waals surface area contributed by atoms with Crippen LogP contribution in [0.25, 0.3) is 0 Å². The van der Waals surface area contributed by atoms with Gasteiger partial charge in [0.15, 0.2) is 0 Å². The van der Waals surface area contributed by atoms with Gasteiger partial charge >= 0.3 is 0 Å². The standard InChI is InChI=1S/C14H28N2O2/c1-3-15-14-5-7-18-10-13(14)9-16-6-4-12(8-16)11(2)17/h11-15,17H,3-10H2,1-2H3. The Bertz CT molecular complexity index is 246. The Morgan fingerprint density at radius 1 is 1.44 bits per heavy atom. The highest BCUT2D eigenvalue weighted by Crippen LogP contribution is 2.23. The normalized spacial score (nSPS) is 35.8. The number of ether oxygens (including phenoxy) is 1. The molecule has 2 fully saturated rings. The van der Waals surface area contributed by atoms with E-state index in [4.69, 9.17) is 4.74 Å². The highest BCUT2D eigenvalue weighted by molar-refractivity contribution is 4.85. The molecule has 0 aromatic carbocycles. The monoisotopic (exact) mass is 256 g/mol. The van der Waals surface area contributed by atoms with E-state index >= 15 is 0 Å². The molecular formula is C14H28N2O2. The Morgan fingerprint density at radius 3 is 2.94 bits per heavy atom. The van der Waals surface area contributed by atoms with Crippen molar-refractivity contribution >= 4 is 0 Å². The van der Waals surface area contributed by atoms with Crippen LogP contribution in [0.1, 0.15) is 26.7 Å². The van der Waals surface area contributed by atoms with Crippen LogP contribution in [0.2, 0.25) is 0 Å². The van der Waals surface area contributed by atoms with Gasteiger partial charge in [0.25, 0.3) is 0 Å². The summed E-state index contributed by atoms with van der Waals surface area (Å²) >= 11 is 0. The van der Waals surface area contributed by atoms with Crippen molar-refractivity contribution in [3.63, 3.8) is 0 Å². The van der Waals surface area contributed by atoms with Gasteiger partial charge in [-0.1, -0.05) is 6.92 Å². The average Bonchev–Trinajstić information content (AvgIpc) is 2.81. The summed E-state index contributed by atoms with van der Waals surface area (Å²) in [4.78, 5) is 2.50.